The van der Waals surface area contributed by atoms with Crippen LogP contribution in [0.15, 0.2) is 53.4 Å². The summed E-state index contributed by atoms with van der Waals surface area (Å²) in [6, 6.07) is 13.0. The smallest absolute Gasteiger partial charge is 0.243 e. The predicted molar refractivity (Wildman–Crippen MR) is 114 cm³/mol. The highest BCUT2D eigenvalue weighted by atomic mass is 32.2. The Balaban J connectivity index is 1.28. The molecule has 30 heavy (non-hydrogen) atoms. The number of nitrogens with zero attached hydrogens (tertiary/aromatic N) is 3. The molecule has 1 aliphatic rings. The van der Waals surface area contributed by atoms with Gasteiger partial charge in [0.15, 0.2) is 0 Å². The lowest BCUT2D eigenvalue weighted by Crippen LogP contribution is -2.50. The second kappa shape index (κ2) is 8.79. The molecule has 0 N–H and O–H groups in total. The van der Waals surface area contributed by atoms with Crippen molar-refractivity contribution in [3.8, 4) is 0 Å². The highest BCUT2D eigenvalue weighted by Crippen LogP contribution is 2.23. The minimum Gasteiger partial charge on any atom is -0.340 e. The largest absolute Gasteiger partial charge is 0.340 e. The van der Waals surface area contributed by atoms with Crippen LogP contribution in [0.1, 0.15) is 17.8 Å². The first kappa shape index (κ1) is 20.9. The van der Waals surface area contributed by atoms with Gasteiger partial charge >= 0.3 is 0 Å². The third kappa shape index (κ3) is 4.53. The second-order valence-electron chi connectivity index (χ2n) is 7.17. The van der Waals surface area contributed by atoms with E-state index in [1.54, 1.807) is 16.2 Å². The fourth-order valence-electron chi connectivity index (χ4n) is 3.53. The van der Waals surface area contributed by atoms with Crippen molar-refractivity contribution in [1.29, 1.82) is 0 Å². The van der Waals surface area contributed by atoms with Crippen molar-refractivity contribution in [3.05, 3.63) is 59.4 Å². The number of rotatable bonds is 6. The molecule has 158 valence electrons. The summed E-state index contributed by atoms with van der Waals surface area (Å²) in [5, 5.41) is 1.02. The number of carbonyl (C=O) groups excluding carboxylic acids is 1. The highest BCUT2D eigenvalue weighted by molar-refractivity contribution is 7.89. The lowest BCUT2D eigenvalue weighted by Gasteiger charge is -2.34. The van der Waals surface area contributed by atoms with Crippen molar-refractivity contribution >= 4 is 37.5 Å². The van der Waals surface area contributed by atoms with Gasteiger partial charge in [0.25, 0.3) is 0 Å². The lowest BCUT2D eigenvalue weighted by atomic mass is 10.2. The van der Waals surface area contributed by atoms with Crippen LogP contribution in [0, 0.1) is 5.82 Å². The molecular formula is C21H22FN3O3S2. The molecule has 3 aromatic rings. The molecule has 2 heterocycles. The number of aryl methyl sites for hydroxylation is 1. The fraction of sp³-hybridized carbons (Fsp3) is 0.333. The van der Waals surface area contributed by atoms with Crippen LogP contribution in [-0.2, 0) is 21.2 Å². The van der Waals surface area contributed by atoms with Crippen LogP contribution in [0.2, 0.25) is 0 Å². The summed E-state index contributed by atoms with van der Waals surface area (Å²) >= 11 is 1.65. The van der Waals surface area contributed by atoms with Gasteiger partial charge in [0.1, 0.15) is 5.82 Å². The van der Waals surface area contributed by atoms with E-state index >= 15 is 0 Å². The van der Waals surface area contributed by atoms with Crippen LogP contribution in [0.4, 0.5) is 4.39 Å². The fourth-order valence-corrected chi connectivity index (χ4v) is 5.99. The monoisotopic (exact) mass is 447 g/mol. The number of piperazine rings is 1. The zero-order chi connectivity index (χ0) is 21.1. The van der Waals surface area contributed by atoms with Gasteiger partial charge in [0.2, 0.25) is 15.9 Å². The number of hydrogen-bond acceptors (Lipinski definition) is 5. The molecule has 4 rings (SSSR count). The number of carbonyl (C=O) groups is 1. The average Bonchev–Trinajstić information content (AvgIpc) is 3.16. The molecule has 6 nitrogen and oxygen atoms in total. The number of fused-ring (bicyclic) bond motifs is 1. The summed E-state index contributed by atoms with van der Waals surface area (Å²) in [6.45, 7) is 1.11. The van der Waals surface area contributed by atoms with Gasteiger partial charge in [0.05, 0.1) is 20.1 Å². The number of hydrogen-bond donors (Lipinski definition) is 0. The standard InChI is InChI=1S/C21H22FN3O3S2/c22-16-5-3-6-17(15-16)30(27,28)25-13-11-24(12-14-25)21(26)10-4-9-20-23-18-7-1-2-8-19(18)29-20/h1-3,5-8,15H,4,9-14H2. The zero-order valence-electron chi connectivity index (χ0n) is 16.3. The van der Waals surface area contributed by atoms with Gasteiger partial charge in [0, 0.05) is 32.6 Å². The van der Waals surface area contributed by atoms with Crippen molar-refractivity contribution in [2.24, 2.45) is 0 Å². The van der Waals surface area contributed by atoms with Crippen molar-refractivity contribution in [2.75, 3.05) is 26.2 Å². The molecule has 0 saturated carbocycles. The van der Waals surface area contributed by atoms with Crippen molar-refractivity contribution in [1.82, 2.24) is 14.2 Å². The highest BCUT2D eigenvalue weighted by Gasteiger charge is 2.30. The topological polar surface area (TPSA) is 70.6 Å². The molecule has 1 amide bonds. The maximum atomic E-state index is 13.4. The Morgan fingerprint density at radius 2 is 1.83 bits per heavy atom. The van der Waals surface area contributed by atoms with Crippen LogP contribution in [0.3, 0.4) is 0 Å². The summed E-state index contributed by atoms with van der Waals surface area (Å²) in [6.07, 6.45) is 1.87. The van der Waals surface area contributed by atoms with Crippen molar-refractivity contribution in [2.45, 2.75) is 24.2 Å². The second-order valence-corrected chi connectivity index (χ2v) is 10.2. The quantitative estimate of drug-likeness (QED) is 0.581. The molecule has 0 atom stereocenters. The van der Waals surface area contributed by atoms with Crippen LogP contribution >= 0.6 is 11.3 Å². The van der Waals surface area contributed by atoms with E-state index in [0.717, 1.165) is 27.7 Å². The van der Waals surface area contributed by atoms with Crippen LogP contribution in [0.5, 0.6) is 0 Å². The number of amides is 1. The summed E-state index contributed by atoms with van der Waals surface area (Å²) in [5.74, 6) is -0.558. The molecule has 0 radical (unpaired) electrons. The summed E-state index contributed by atoms with van der Waals surface area (Å²) < 4.78 is 41.2. The van der Waals surface area contributed by atoms with Crippen LogP contribution in [0.25, 0.3) is 10.2 Å². The van der Waals surface area contributed by atoms with E-state index in [4.69, 9.17) is 0 Å². The van der Waals surface area contributed by atoms with E-state index in [1.807, 2.05) is 24.3 Å². The minimum atomic E-state index is -3.75. The van der Waals surface area contributed by atoms with Crippen molar-refractivity contribution < 1.29 is 17.6 Å². The summed E-state index contributed by atoms with van der Waals surface area (Å²) in [5.41, 5.74) is 0.986. The summed E-state index contributed by atoms with van der Waals surface area (Å²) in [7, 11) is -3.75. The molecule has 0 unspecified atom stereocenters. The molecule has 9 heteroatoms. The number of thiazole rings is 1. The zero-order valence-corrected chi connectivity index (χ0v) is 18.0. The SMILES string of the molecule is O=C(CCCc1nc2ccccc2s1)N1CCN(S(=O)(=O)c2cccc(F)c2)CC1. The van der Waals surface area contributed by atoms with Crippen molar-refractivity contribution in [3.63, 3.8) is 0 Å². The van der Waals surface area contributed by atoms with E-state index in [2.05, 4.69) is 4.98 Å². The van der Waals surface area contributed by atoms with E-state index in [-0.39, 0.29) is 23.9 Å². The molecule has 1 aliphatic heterocycles. The first-order valence-electron chi connectivity index (χ1n) is 9.81. The predicted octanol–water partition coefficient (Wildman–Crippen LogP) is 3.29. The average molecular weight is 448 g/mol. The van der Waals surface area contributed by atoms with Gasteiger partial charge in [-0.15, -0.1) is 11.3 Å². The number of halogens is 1. The third-order valence-electron chi connectivity index (χ3n) is 5.14. The first-order chi connectivity index (χ1) is 14.4. The minimum absolute atomic E-state index is 0.0268. The molecule has 0 spiro atoms. The van der Waals surface area contributed by atoms with Crippen LogP contribution in [-0.4, -0.2) is 54.7 Å². The van der Waals surface area contributed by atoms with E-state index in [9.17, 15) is 17.6 Å². The Morgan fingerprint density at radius 3 is 2.57 bits per heavy atom. The van der Waals surface area contributed by atoms with Gasteiger partial charge in [-0.3, -0.25) is 4.79 Å². The molecule has 1 aromatic heterocycles. The Kier molecular flexibility index (Phi) is 6.12. The molecule has 0 aliphatic carbocycles. The molecular weight excluding hydrogens is 425 g/mol. The van der Waals surface area contributed by atoms with E-state index < -0.39 is 15.8 Å². The normalized spacial score (nSPS) is 15.6. The van der Waals surface area contributed by atoms with E-state index in [0.29, 0.717) is 25.9 Å². The Morgan fingerprint density at radius 1 is 1.07 bits per heavy atom. The molecule has 1 saturated heterocycles. The maximum absolute atomic E-state index is 13.4. The molecule has 2 aromatic carbocycles. The van der Waals surface area contributed by atoms with Crippen LogP contribution < -0.4 is 0 Å². The third-order valence-corrected chi connectivity index (χ3v) is 8.14. The van der Waals surface area contributed by atoms with Gasteiger partial charge < -0.3 is 4.90 Å². The first-order valence-corrected chi connectivity index (χ1v) is 12.1. The van der Waals surface area contributed by atoms with Gasteiger partial charge in [-0.2, -0.15) is 4.31 Å². The lowest BCUT2D eigenvalue weighted by molar-refractivity contribution is -0.132. The van der Waals surface area contributed by atoms with Gasteiger partial charge in [-0.05, 0) is 43.2 Å². The number of aromatic nitrogens is 1. The molecule has 0 bridgehead atoms. The van der Waals surface area contributed by atoms with E-state index in [1.165, 1.54) is 22.5 Å². The maximum Gasteiger partial charge on any atom is 0.243 e. The summed E-state index contributed by atoms with van der Waals surface area (Å²) in [4.78, 5) is 18.8. The Hall–Kier alpha value is -2.36. The number of sulfonamides is 1. The number of para-hydroxylation sites is 1. The number of benzene rings is 2. The van der Waals surface area contributed by atoms with Gasteiger partial charge in [-0.25, -0.2) is 17.8 Å². The molecule has 1 fully saturated rings. The Labute approximate surface area is 179 Å². The Bertz CT molecular complexity index is 1120. The van der Waals surface area contributed by atoms with Gasteiger partial charge in [-0.1, -0.05) is 18.2 Å².